The lowest BCUT2D eigenvalue weighted by Crippen LogP contribution is -2.66. The van der Waals surface area contributed by atoms with Gasteiger partial charge in [-0.05, 0) is 57.8 Å². The molecule has 81 heavy (non-hydrogen) atoms. The van der Waals surface area contributed by atoms with Gasteiger partial charge in [-0.3, -0.25) is 4.79 Å². The molecule has 0 bridgehead atoms. The fraction of sp³-hybridized carbons (Fsp3) is 0.887. The smallest absolute Gasteiger partial charge is 0.220 e. The van der Waals surface area contributed by atoms with E-state index in [1.165, 1.54) is 135 Å². The van der Waals surface area contributed by atoms with Gasteiger partial charge in [-0.15, -0.1) is 0 Å². The molecule has 12 N–H and O–H groups in total. The van der Waals surface area contributed by atoms with Crippen molar-refractivity contribution in [1.82, 2.24) is 5.32 Å². The van der Waals surface area contributed by atoms with Crippen molar-refractivity contribution in [2.75, 3.05) is 26.4 Å². The van der Waals surface area contributed by atoms with Crippen LogP contribution >= 0.6 is 0 Å². The van der Waals surface area contributed by atoms with Gasteiger partial charge in [-0.25, -0.2) is 0 Å². The summed E-state index contributed by atoms with van der Waals surface area (Å²) < 4.78 is 34.3. The van der Waals surface area contributed by atoms with Crippen LogP contribution in [0.3, 0.4) is 0 Å². The summed E-state index contributed by atoms with van der Waals surface area (Å²) in [7, 11) is 0. The molecule has 17 atom stereocenters. The number of amides is 1. The van der Waals surface area contributed by atoms with E-state index in [2.05, 4.69) is 43.5 Å². The summed E-state index contributed by atoms with van der Waals surface area (Å²) in [5.41, 5.74) is 0. The highest BCUT2D eigenvalue weighted by Crippen LogP contribution is 2.33. The number of unbranched alkanes of at least 4 members (excludes halogenated alkanes) is 27. The molecule has 0 radical (unpaired) electrons. The summed E-state index contributed by atoms with van der Waals surface area (Å²) in [6, 6.07) is -0.991. The summed E-state index contributed by atoms with van der Waals surface area (Å²) in [6.07, 6.45) is 22.6. The fourth-order valence-corrected chi connectivity index (χ4v) is 10.7. The molecule has 474 valence electrons. The molecular formula is C62H113NO18. The minimum absolute atomic E-state index is 0.231. The third-order valence-electron chi connectivity index (χ3n) is 15.9. The van der Waals surface area contributed by atoms with Crippen LogP contribution in [-0.4, -0.2) is 193 Å². The van der Waals surface area contributed by atoms with Crippen molar-refractivity contribution in [3.63, 3.8) is 0 Å². The second-order valence-corrected chi connectivity index (χ2v) is 22.9. The van der Waals surface area contributed by atoms with Crippen LogP contribution in [0.25, 0.3) is 0 Å². The first kappa shape index (κ1) is 73.3. The third-order valence-corrected chi connectivity index (χ3v) is 15.9. The van der Waals surface area contributed by atoms with Crippen molar-refractivity contribution in [2.24, 2.45) is 0 Å². The molecule has 3 rings (SSSR count). The van der Waals surface area contributed by atoms with Gasteiger partial charge in [0.1, 0.15) is 73.2 Å². The molecule has 19 heteroatoms. The van der Waals surface area contributed by atoms with E-state index in [-0.39, 0.29) is 18.9 Å². The zero-order chi connectivity index (χ0) is 59.0. The van der Waals surface area contributed by atoms with Crippen LogP contribution in [-0.2, 0) is 33.2 Å². The van der Waals surface area contributed by atoms with Crippen LogP contribution in [0.2, 0.25) is 0 Å². The average molecular weight is 1160 g/mol. The molecule has 17 unspecified atom stereocenters. The van der Waals surface area contributed by atoms with Crippen molar-refractivity contribution in [3.05, 3.63) is 36.5 Å². The van der Waals surface area contributed by atoms with Crippen LogP contribution in [0.1, 0.15) is 219 Å². The van der Waals surface area contributed by atoms with E-state index in [4.69, 9.17) is 28.4 Å². The van der Waals surface area contributed by atoms with Gasteiger partial charge in [0.2, 0.25) is 5.91 Å². The predicted molar refractivity (Wildman–Crippen MR) is 309 cm³/mol. The Morgan fingerprint density at radius 1 is 0.432 bits per heavy atom. The first-order chi connectivity index (χ1) is 39.3. The minimum Gasteiger partial charge on any atom is -0.394 e. The zero-order valence-electron chi connectivity index (χ0n) is 49.5. The molecule has 3 fully saturated rings. The second-order valence-electron chi connectivity index (χ2n) is 22.9. The van der Waals surface area contributed by atoms with Gasteiger partial charge in [-0.2, -0.15) is 0 Å². The first-order valence-corrected chi connectivity index (χ1v) is 31.7. The van der Waals surface area contributed by atoms with E-state index in [0.29, 0.717) is 12.8 Å². The SMILES string of the molecule is CCCCCCCCC/C=C\CCCCCCCCCC(=O)NC(COC1OC(CO)C(OC2OC(CO)C(OC3OC(CO)C(O)C(O)C3O)C(O)C2O)C(O)C1O)C(O)/C=C/CC/C=C/CCCCCCCCCCCCCC. The van der Waals surface area contributed by atoms with E-state index < -0.39 is 124 Å². The van der Waals surface area contributed by atoms with Crippen LogP contribution in [0.15, 0.2) is 36.5 Å². The second kappa shape index (κ2) is 45.3. The highest BCUT2D eigenvalue weighted by Gasteiger charge is 2.53. The quantitative estimate of drug-likeness (QED) is 0.0229. The summed E-state index contributed by atoms with van der Waals surface area (Å²) >= 11 is 0. The molecule has 1 amide bonds. The molecule has 0 spiro atoms. The lowest BCUT2D eigenvalue weighted by atomic mass is 9.96. The Kier molecular flexibility index (Phi) is 41.0. The van der Waals surface area contributed by atoms with E-state index in [9.17, 15) is 61.0 Å². The summed E-state index contributed by atoms with van der Waals surface area (Å²) in [4.78, 5) is 13.3. The van der Waals surface area contributed by atoms with Crippen LogP contribution in [0.5, 0.6) is 0 Å². The summed E-state index contributed by atoms with van der Waals surface area (Å²) in [5.74, 6) is -0.290. The molecule has 3 saturated heterocycles. The number of carbonyl (C=O) groups is 1. The number of aliphatic hydroxyl groups is 11. The van der Waals surface area contributed by atoms with Crippen molar-refractivity contribution in [3.8, 4) is 0 Å². The highest BCUT2D eigenvalue weighted by molar-refractivity contribution is 5.76. The first-order valence-electron chi connectivity index (χ1n) is 31.7. The lowest BCUT2D eigenvalue weighted by Gasteiger charge is -2.48. The Morgan fingerprint density at radius 2 is 0.790 bits per heavy atom. The predicted octanol–water partition coefficient (Wildman–Crippen LogP) is 6.49. The molecular weight excluding hydrogens is 1050 g/mol. The van der Waals surface area contributed by atoms with Gasteiger partial charge in [0.05, 0.1) is 38.6 Å². The number of aliphatic hydroxyl groups excluding tert-OH is 11. The number of nitrogens with one attached hydrogen (secondary N) is 1. The van der Waals surface area contributed by atoms with Crippen LogP contribution in [0, 0.1) is 0 Å². The van der Waals surface area contributed by atoms with Gasteiger partial charge < -0.3 is 89.9 Å². The normalized spacial score (nSPS) is 30.0. The maximum Gasteiger partial charge on any atom is 0.220 e. The fourth-order valence-electron chi connectivity index (χ4n) is 10.7. The summed E-state index contributed by atoms with van der Waals surface area (Å²) in [6.45, 7) is 1.71. The maximum absolute atomic E-state index is 13.3. The molecule has 19 nitrogen and oxygen atoms in total. The van der Waals surface area contributed by atoms with Crippen molar-refractivity contribution in [2.45, 2.75) is 324 Å². The molecule has 3 aliphatic heterocycles. The molecule has 0 aromatic heterocycles. The van der Waals surface area contributed by atoms with Gasteiger partial charge in [0.25, 0.3) is 0 Å². The Balaban J connectivity index is 1.50. The van der Waals surface area contributed by atoms with E-state index >= 15 is 0 Å². The number of ether oxygens (including phenoxy) is 6. The lowest BCUT2D eigenvalue weighted by molar-refractivity contribution is -0.379. The molecule has 3 aliphatic rings. The Labute approximate surface area is 485 Å². The average Bonchev–Trinajstić information content (AvgIpc) is 3.51. The molecule has 0 saturated carbocycles. The van der Waals surface area contributed by atoms with Crippen molar-refractivity contribution in [1.29, 1.82) is 0 Å². The van der Waals surface area contributed by atoms with Crippen LogP contribution in [0.4, 0.5) is 0 Å². The topological polar surface area (TPSA) is 307 Å². The van der Waals surface area contributed by atoms with Crippen molar-refractivity contribution >= 4 is 5.91 Å². The number of hydrogen-bond donors (Lipinski definition) is 12. The number of hydrogen-bond acceptors (Lipinski definition) is 18. The molecule has 0 aromatic rings. The van der Waals surface area contributed by atoms with Gasteiger partial charge in [0.15, 0.2) is 18.9 Å². The number of rotatable bonds is 47. The monoisotopic (exact) mass is 1160 g/mol. The van der Waals surface area contributed by atoms with E-state index in [1.54, 1.807) is 6.08 Å². The Morgan fingerprint density at radius 3 is 1.23 bits per heavy atom. The minimum atomic E-state index is -1.98. The number of allylic oxidation sites excluding steroid dienone is 5. The van der Waals surface area contributed by atoms with Gasteiger partial charge >= 0.3 is 0 Å². The van der Waals surface area contributed by atoms with Gasteiger partial charge in [-0.1, -0.05) is 192 Å². The Hall–Kier alpha value is -1.99. The van der Waals surface area contributed by atoms with Crippen LogP contribution < -0.4 is 5.32 Å². The largest absolute Gasteiger partial charge is 0.394 e. The van der Waals surface area contributed by atoms with Crippen molar-refractivity contribution < 1.29 is 89.4 Å². The zero-order valence-corrected chi connectivity index (χ0v) is 49.5. The Bertz CT molecular complexity index is 1620. The highest BCUT2D eigenvalue weighted by atomic mass is 16.8. The molecule has 0 aliphatic carbocycles. The standard InChI is InChI=1S/C62H113NO18/c1-3-5-7-9-11-13-15-17-19-21-23-25-27-29-31-33-35-37-39-46(67)45(63-50(68)40-38-36-34-32-30-28-26-24-22-20-18-16-14-12-10-8-6-4-2)44-76-60-56(74)53(71)58(48(42-65)78-60)81-62-57(75)54(72)59(49(43-66)79-62)80-61-55(73)52(70)51(69)47(41-64)77-61/h20,22,29,31,37,39,45-49,51-62,64-67,69-75H,3-19,21,23-28,30,32-36,38,40-44H2,1-2H3,(H,63,68)/b22-20-,31-29+,39-37+. The third kappa shape index (κ3) is 28.8. The molecule has 0 aromatic carbocycles. The number of carbonyl (C=O) groups excluding carboxylic acids is 1. The van der Waals surface area contributed by atoms with E-state index in [0.717, 1.165) is 51.4 Å². The van der Waals surface area contributed by atoms with E-state index in [1.807, 2.05) is 6.08 Å². The summed E-state index contributed by atoms with van der Waals surface area (Å²) in [5, 5.41) is 120. The van der Waals surface area contributed by atoms with Gasteiger partial charge in [0, 0.05) is 6.42 Å². The maximum atomic E-state index is 13.3. The molecule has 3 heterocycles.